The summed E-state index contributed by atoms with van der Waals surface area (Å²) in [6, 6.07) is 13.7. The molecule has 1 aliphatic heterocycles. The van der Waals surface area contributed by atoms with Gasteiger partial charge in [-0.3, -0.25) is 9.59 Å². The number of carbonyl (C=O) groups excluding carboxylic acids is 1. The number of halogens is 2. The van der Waals surface area contributed by atoms with Gasteiger partial charge in [-0.15, -0.1) is 0 Å². The molecule has 1 saturated heterocycles. The Morgan fingerprint density at radius 3 is 2.55 bits per heavy atom. The van der Waals surface area contributed by atoms with E-state index in [0.717, 1.165) is 52.8 Å². The molecule has 0 radical (unpaired) electrons. The van der Waals surface area contributed by atoms with Gasteiger partial charge in [0, 0.05) is 16.5 Å². The van der Waals surface area contributed by atoms with Gasteiger partial charge in [0.05, 0.1) is 23.8 Å². The zero-order valence-electron chi connectivity index (χ0n) is 20.8. The molecule has 2 N–H and O–H groups in total. The number of rotatable bonds is 10. The van der Waals surface area contributed by atoms with Gasteiger partial charge in [-0.05, 0) is 66.4 Å². The van der Waals surface area contributed by atoms with Crippen LogP contribution in [0.15, 0.2) is 58.4 Å². The predicted molar refractivity (Wildman–Crippen MR) is 152 cm³/mol. The number of carboxylic acids is 1. The number of hydrogen-bond donors (Lipinski definition) is 2. The maximum absolute atomic E-state index is 14.5. The van der Waals surface area contributed by atoms with E-state index in [9.17, 15) is 14.0 Å². The highest BCUT2D eigenvalue weighted by atomic mass is 79.9. The summed E-state index contributed by atoms with van der Waals surface area (Å²) in [6.45, 7) is 5.20. The van der Waals surface area contributed by atoms with E-state index in [0.29, 0.717) is 23.9 Å². The van der Waals surface area contributed by atoms with Crippen molar-refractivity contribution in [1.29, 1.82) is 0 Å². The molecule has 3 aromatic rings. The highest BCUT2D eigenvalue weighted by Crippen LogP contribution is 2.36. The molecule has 10 heteroatoms. The van der Waals surface area contributed by atoms with E-state index < -0.39 is 16.6 Å². The molecule has 0 aliphatic carbocycles. The number of nitrogens with one attached hydrogen (secondary N) is 1. The van der Waals surface area contributed by atoms with Crippen LogP contribution >= 0.6 is 27.7 Å². The molecular formula is C28H26BrFN2O5S. The van der Waals surface area contributed by atoms with Gasteiger partial charge in [-0.25, -0.2) is 9.38 Å². The van der Waals surface area contributed by atoms with Crippen molar-refractivity contribution in [3.8, 4) is 11.5 Å². The number of amidine groups is 1. The summed E-state index contributed by atoms with van der Waals surface area (Å²) in [6.07, 6.45) is 3.47. The number of aliphatic carboxylic acids is 1. The summed E-state index contributed by atoms with van der Waals surface area (Å²) in [5, 5.41) is 14.0. The van der Waals surface area contributed by atoms with Crippen molar-refractivity contribution in [2.24, 2.45) is 4.99 Å². The number of carboxylic acid groups (broad SMARTS) is 1. The number of hydrogen-bond acceptors (Lipinski definition) is 6. The number of benzene rings is 3. The van der Waals surface area contributed by atoms with Gasteiger partial charge in [0.2, 0.25) is 0 Å². The van der Waals surface area contributed by atoms with Crippen LogP contribution in [0, 0.1) is 5.82 Å². The van der Waals surface area contributed by atoms with Gasteiger partial charge >= 0.3 is 5.97 Å². The molecule has 38 heavy (non-hydrogen) atoms. The summed E-state index contributed by atoms with van der Waals surface area (Å²) in [4.78, 5) is 27.4. The standard InChI is InChI=1S/C28H26BrFN2O5S/c1-3-10-36-22-7-5-6-16-12-17(23(15-20(16)22)37-11-4-2)13-24-26(33)32-28(38-24)31-18-8-9-19(21(30)14-18)25(29)27(34)35/h5-9,12-15,25H,3-4,10-11H2,1-2H3,(H,34,35)(H,31,32,33)/b24-13+. The van der Waals surface area contributed by atoms with Crippen molar-refractivity contribution in [3.63, 3.8) is 0 Å². The first-order valence-corrected chi connectivity index (χ1v) is 13.8. The van der Waals surface area contributed by atoms with Crippen LogP contribution < -0.4 is 14.8 Å². The lowest BCUT2D eigenvalue weighted by atomic mass is 10.0. The quantitative estimate of drug-likeness (QED) is 0.193. The molecule has 1 heterocycles. The lowest BCUT2D eigenvalue weighted by Gasteiger charge is -2.13. The monoisotopic (exact) mass is 600 g/mol. The van der Waals surface area contributed by atoms with Crippen LogP contribution in [-0.4, -0.2) is 35.4 Å². The molecular weight excluding hydrogens is 575 g/mol. The van der Waals surface area contributed by atoms with Crippen LogP contribution in [0.25, 0.3) is 16.8 Å². The molecule has 0 bridgehead atoms. The Morgan fingerprint density at radius 1 is 1.13 bits per heavy atom. The van der Waals surface area contributed by atoms with Gasteiger partial charge in [0.15, 0.2) is 5.17 Å². The first kappa shape index (κ1) is 27.7. The number of carbonyl (C=O) groups is 2. The summed E-state index contributed by atoms with van der Waals surface area (Å²) < 4.78 is 26.4. The molecule has 0 aromatic heterocycles. The number of fused-ring (bicyclic) bond motifs is 1. The largest absolute Gasteiger partial charge is 0.493 e. The Labute approximate surface area is 232 Å². The van der Waals surface area contributed by atoms with Crippen LogP contribution in [-0.2, 0) is 9.59 Å². The maximum atomic E-state index is 14.5. The van der Waals surface area contributed by atoms with E-state index in [1.165, 1.54) is 12.1 Å². The van der Waals surface area contributed by atoms with E-state index in [1.54, 1.807) is 6.08 Å². The molecule has 4 rings (SSSR count). The van der Waals surface area contributed by atoms with E-state index in [4.69, 9.17) is 14.6 Å². The minimum Gasteiger partial charge on any atom is -0.493 e. The zero-order chi connectivity index (χ0) is 27.2. The highest BCUT2D eigenvalue weighted by Gasteiger charge is 2.25. The Balaban J connectivity index is 1.64. The number of amides is 1. The maximum Gasteiger partial charge on any atom is 0.321 e. The van der Waals surface area contributed by atoms with Crippen molar-refractivity contribution in [3.05, 3.63) is 70.4 Å². The lowest BCUT2D eigenvalue weighted by molar-refractivity contribution is -0.136. The van der Waals surface area contributed by atoms with E-state index in [2.05, 4.69) is 33.2 Å². The Hall–Kier alpha value is -3.37. The molecule has 1 unspecified atom stereocenters. The second kappa shape index (κ2) is 12.4. The van der Waals surface area contributed by atoms with Gasteiger partial charge in [0.1, 0.15) is 22.1 Å². The molecule has 7 nitrogen and oxygen atoms in total. The molecule has 1 aliphatic rings. The van der Waals surface area contributed by atoms with Gasteiger partial charge in [-0.2, -0.15) is 0 Å². The van der Waals surface area contributed by atoms with E-state index in [-0.39, 0.29) is 22.3 Å². The highest BCUT2D eigenvalue weighted by molar-refractivity contribution is 9.09. The molecule has 1 atom stereocenters. The number of ether oxygens (including phenoxy) is 2. The molecule has 1 fully saturated rings. The third-order valence-corrected chi connectivity index (χ3v) is 7.33. The normalized spacial score (nSPS) is 16.2. The summed E-state index contributed by atoms with van der Waals surface area (Å²) in [7, 11) is 0. The topological polar surface area (TPSA) is 97.2 Å². The molecule has 0 saturated carbocycles. The van der Waals surface area contributed by atoms with Crippen LogP contribution in [0.5, 0.6) is 11.5 Å². The van der Waals surface area contributed by atoms with Crippen LogP contribution in [0.4, 0.5) is 10.1 Å². The number of aliphatic imine (C=N–C) groups is 1. The minimum atomic E-state index is -1.20. The predicted octanol–water partition coefficient (Wildman–Crippen LogP) is 6.97. The Morgan fingerprint density at radius 2 is 1.87 bits per heavy atom. The Kier molecular flexibility index (Phi) is 9.06. The first-order chi connectivity index (χ1) is 18.3. The fourth-order valence-corrected chi connectivity index (χ4v) is 4.95. The molecule has 198 valence electrons. The van der Waals surface area contributed by atoms with Crippen molar-refractivity contribution >= 4 is 67.3 Å². The molecule has 1 amide bonds. The number of thioether (sulfide) groups is 1. The van der Waals surface area contributed by atoms with Crippen LogP contribution in [0.3, 0.4) is 0 Å². The number of nitrogens with zero attached hydrogens (tertiary/aromatic N) is 1. The summed E-state index contributed by atoms with van der Waals surface area (Å²) in [5.41, 5.74) is 0.979. The van der Waals surface area contributed by atoms with E-state index >= 15 is 0 Å². The van der Waals surface area contributed by atoms with Gasteiger partial charge in [-0.1, -0.05) is 48.0 Å². The first-order valence-electron chi connectivity index (χ1n) is 12.1. The second-order valence-corrected chi connectivity index (χ2v) is 10.4. The fraction of sp³-hybridized carbons (Fsp3) is 0.250. The third kappa shape index (κ3) is 6.36. The van der Waals surface area contributed by atoms with Crippen molar-refractivity contribution in [2.75, 3.05) is 13.2 Å². The minimum absolute atomic E-state index is 0.00990. The van der Waals surface area contributed by atoms with Gasteiger partial charge in [0.25, 0.3) is 5.91 Å². The van der Waals surface area contributed by atoms with Crippen molar-refractivity contribution < 1.29 is 28.6 Å². The second-order valence-electron chi connectivity index (χ2n) is 8.45. The summed E-state index contributed by atoms with van der Waals surface area (Å²) in [5.74, 6) is -0.827. The van der Waals surface area contributed by atoms with Crippen molar-refractivity contribution in [2.45, 2.75) is 31.5 Å². The fourth-order valence-electron chi connectivity index (χ4n) is 3.75. The average Bonchev–Trinajstić information content (AvgIpc) is 3.23. The Bertz CT molecular complexity index is 1440. The summed E-state index contributed by atoms with van der Waals surface area (Å²) >= 11 is 4.08. The zero-order valence-corrected chi connectivity index (χ0v) is 23.2. The SMILES string of the molecule is CCCOc1cc2c(OCCC)cccc2cc1/C=C1/SC(=Nc2ccc(C(Br)C(=O)O)c(F)c2)NC1=O. The smallest absolute Gasteiger partial charge is 0.321 e. The van der Waals surface area contributed by atoms with Gasteiger partial charge < -0.3 is 19.9 Å². The molecule has 3 aromatic carbocycles. The van der Waals surface area contributed by atoms with E-state index in [1.807, 2.05) is 37.3 Å². The van der Waals surface area contributed by atoms with Crippen LogP contribution in [0.2, 0.25) is 0 Å². The lowest BCUT2D eigenvalue weighted by Crippen LogP contribution is -2.19. The van der Waals surface area contributed by atoms with Crippen LogP contribution in [0.1, 0.15) is 42.6 Å². The average molecular weight is 601 g/mol. The van der Waals surface area contributed by atoms with Crippen molar-refractivity contribution in [1.82, 2.24) is 5.32 Å². The molecule has 0 spiro atoms. The third-order valence-electron chi connectivity index (χ3n) is 5.54. The number of alkyl halides is 1.